The van der Waals surface area contributed by atoms with E-state index in [0.29, 0.717) is 6.42 Å². The number of nitrogens with zero attached hydrogens (tertiary/aromatic N) is 1. The van der Waals surface area contributed by atoms with Crippen LogP contribution in [0.4, 0.5) is 19.0 Å². The van der Waals surface area contributed by atoms with Crippen molar-refractivity contribution in [2.24, 2.45) is 5.73 Å². The second-order valence-electron chi connectivity index (χ2n) is 4.16. The van der Waals surface area contributed by atoms with E-state index in [1.54, 1.807) is 13.8 Å². The molecule has 0 radical (unpaired) electrons. The van der Waals surface area contributed by atoms with Gasteiger partial charge in [0.05, 0.1) is 5.56 Å². The maximum absolute atomic E-state index is 12.7. The van der Waals surface area contributed by atoms with Gasteiger partial charge in [-0.3, -0.25) is 0 Å². The van der Waals surface area contributed by atoms with E-state index < -0.39 is 11.7 Å². The Morgan fingerprint density at radius 1 is 1.41 bits per heavy atom. The molecule has 3 N–H and O–H groups in total. The molecule has 0 spiro atoms. The number of nitrogens with two attached hydrogens (primary N) is 1. The summed E-state index contributed by atoms with van der Waals surface area (Å²) in [7, 11) is 0. The highest BCUT2D eigenvalue weighted by atomic mass is 19.4. The third-order valence-corrected chi connectivity index (χ3v) is 2.22. The molecule has 0 aliphatic heterocycles. The second kappa shape index (κ2) is 5.35. The van der Waals surface area contributed by atoms with E-state index in [-0.39, 0.29) is 17.9 Å². The largest absolute Gasteiger partial charge is 0.419 e. The first kappa shape index (κ1) is 13.8. The second-order valence-corrected chi connectivity index (χ2v) is 4.16. The third-order valence-electron chi connectivity index (χ3n) is 2.22. The fourth-order valence-corrected chi connectivity index (χ4v) is 1.60. The number of pyridine rings is 1. The van der Waals surface area contributed by atoms with Gasteiger partial charge in [0.1, 0.15) is 5.82 Å². The van der Waals surface area contributed by atoms with Gasteiger partial charge < -0.3 is 11.1 Å². The molecule has 0 aliphatic carbocycles. The fourth-order valence-electron chi connectivity index (χ4n) is 1.60. The first-order valence-electron chi connectivity index (χ1n) is 5.35. The van der Waals surface area contributed by atoms with Gasteiger partial charge in [0, 0.05) is 18.3 Å². The number of alkyl halides is 3. The normalized spacial score (nSPS) is 15.4. The molecule has 1 heterocycles. The number of anilines is 1. The Labute approximate surface area is 98.2 Å². The van der Waals surface area contributed by atoms with Crippen molar-refractivity contribution in [2.45, 2.75) is 38.5 Å². The lowest BCUT2D eigenvalue weighted by Crippen LogP contribution is -2.27. The number of aromatic nitrogens is 1. The molecule has 0 fully saturated rings. The zero-order chi connectivity index (χ0) is 13.1. The van der Waals surface area contributed by atoms with E-state index in [0.717, 1.165) is 6.07 Å². The molecule has 2 unspecified atom stereocenters. The minimum atomic E-state index is -4.40. The Morgan fingerprint density at radius 2 is 2.06 bits per heavy atom. The van der Waals surface area contributed by atoms with Gasteiger partial charge in [0.15, 0.2) is 0 Å². The highest BCUT2D eigenvalue weighted by Gasteiger charge is 2.34. The number of nitrogens with one attached hydrogen (secondary N) is 1. The van der Waals surface area contributed by atoms with E-state index in [4.69, 9.17) is 5.73 Å². The monoisotopic (exact) mass is 247 g/mol. The Morgan fingerprint density at radius 3 is 2.59 bits per heavy atom. The van der Waals surface area contributed by atoms with Crippen LogP contribution in [0, 0.1) is 0 Å². The van der Waals surface area contributed by atoms with Crippen molar-refractivity contribution < 1.29 is 13.2 Å². The Hall–Kier alpha value is -1.30. The number of hydrogen-bond acceptors (Lipinski definition) is 3. The standard InChI is InChI=1S/C11H16F3N3/c1-7(15)6-8(2)17-10-9(11(12,13)14)4-3-5-16-10/h3-5,7-8H,6,15H2,1-2H3,(H,16,17). The van der Waals surface area contributed by atoms with Crippen LogP contribution in [0.25, 0.3) is 0 Å². The maximum atomic E-state index is 12.7. The van der Waals surface area contributed by atoms with Gasteiger partial charge in [0.2, 0.25) is 0 Å². The predicted octanol–water partition coefficient (Wildman–Crippen LogP) is 2.64. The predicted molar refractivity (Wildman–Crippen MR) is 60.6 cm³/mol. The van der Waals surface area contributed by atoms with Crippen LogP contribution in [0.5, 0.6) is 0 Å². The summed E-state index contributed by atoms with van der Waals surface area (Å²) in [4.78, 5) is 3.72. The van der Waals surface area contributed by atoms with Gasteiger partial charge in [-0.05, 0) is 32.4 Å². The fraction of sp³-hybridized carbons (Fsp3) is 0.545. The summed E-state index contributed by atoms with van der Waals surface area (Å²) < 4.78 is 38.0. The summed E-state index contributed by atoms with van der Waals surface area (Å²) in [5.41, 5.74) is 4.83. The molecule has 0 aromatic carbocycles. The molecule has 0 saturated carbocycles. The molecule has 0 bridgehead atoms. The van der Waals surface area contributed by atoms with Crippen LogP contribution < -0.4 is 11.1 Å². The van der Waals surface area contributed by atoms with Crippen molar-refractivity contribution in [1.82, 2.24) is 4.98 Å². The summed E-state index contributed by atoms with van der Waals surface area (Å²) in [6.07, 6.45) is -2.49. The zero-order valence-corrected chi connectivity index (χ0v) is 9.75. The summed E-state index contributed by atoms with van der Waals surface area (Å²) >= 11 is 0. The maximum Gasteiger partial charge on any atom is 0.419 e. The number of rotatable bonds is 4. The van der Waals surface area contributed by atoms with Crippen LogP contribution in [0.3, 0.4) is 0 Å². The van der Waals surface area contributed by atoms with Gasteiger partial charge in [-0.25, -0.2) is 4.98 Å². The molecule has 96 valence electrons. The van der Waals surface area contributed by atoms with Crippen LogP contribution >= 0.6 is 0 Å². The molecule has 3 nitrogen and oxygen atoms in total. The molecule has 0 saturated heterocycles. The molecule has 6 heteroatoms. The molecular formula is C11H16F3N3. The Bertz CT molecular complexity index is 363. The zero-order valence-electron chi connectivity index (χ0n) is 9.75. The lowest BCUT2D eigenvalue weighted by Gasteiger charge is -2.19. The van der Waals surface area contributed by atoms with Crippen LogP contribution in [0.15, 0.2) is 18.3 Å². The van der Waals surface area contributed by atoms with Gasteiger partial charge in [-0.1, -0.05) is 0 Å². The topological polar surface area (TPSA) is 50.9 Å². The van der Waals surface area contributed by atoms with E-state index in [1.165, 1.54) is 12.3 Å². The lowest BCUT2D eigenvalue weighted by atomic mass is 10.1. The van der Waals surface area contributed by atoms with Crippen molar-refractivity contribution in [3.63, 3.8) is 0 Å². The van der Waals surface area contributed by atoms with Crippen molar-refractivity contribution in [2.75, 3.05) is 5.32 Å². The van der Waals surface area contributed by atoms with Crippen LogP contribution in [-0.2, 0) is 6.18 Å². The lowest BCUT2D eigenvalue weighted by molar-refractivity contribution is -0.137. The minimum absolute atomic E-state index is 0.0736. The summed E-state index contributed by atoms with van der Waals surface area (Å²) in [5, 5.41) is 2.74. The van der Waals surface area contributed by atoms with Crippen molar-refractivity contribution >= 4 is 5.82 Å². The molecule has 0 amide bonds. The van der Waals surface area contributed by atoms with E-state index in [1.807, 2.05) is 0 Å². The third kappa shape index (κ3) is 4.22. The van der Waals surface area contributed by atoms with Crippen molar-refractivity contribution in [3.8, 4) is 0 Å². The summed E-state index contributed by atoms with van der Waals surface area (Å²) in [6, 6.07) is 2.04. The Kier molecular flexibility index (Phi) is 4.34. The highest BCUT2D eigenvalue weighted by molar-refractivity contribution is 5.46. The first-order valence-corrected chi connectivity index (χ1v) is 5.35. The summed E-state index contributed by atoms with van der Waals surface area (Å²) in [6.45, 7) is 3.58. The average Bonchev–Trinajstić information content (AvgIpc) is 2.15. The molecular weight excluding hydrogens is 231 g/mol. The van der Waals surface area contributed by atoms with E-state index in [9.17, 15) is 13.2 Å². The van der Waals surface area contributed by atoms with Crippen LogP contribution in [0.2, 0.25) is 0 Å². The van der Waals surface area contributed by atoms with Gasteiger partial charge >= 0.3 is 6.18 Å². The van der Waals surface area contributed by atoms with E-state index in [2.05, 4.69) is 10.3 Å². The minimum Gasteiger partial charge on any atom is -0.367 e. The van der Waals surface area contributed by atoms with Crippen LogP contribution in [0.1, 0.15) is 25.8 Å². The molecule has 1 aromatic rings. The molecule has 1 aromatic heterocycles. The van der Waals surface area contributed by atoms with Crippen molar-refractivity contribution in [3.05, 3.63) is 23.9 Å². The SMILES string of the molecule is CC(N)CC(C)Nc1ncccc1C(F)(F)F. The first-order chi connectivity index (χ1) is 7.80. The van der Waals surface area contributed by atoms with Gasteiger partial charge in [0.25, 0.3) is 0 Å². The Balaban J connectivity index is 2.84. The number of hydrogen-bond donors (Lipinski definition) is 2. The van der Waals surface area contributed by atoms with Gasteiger partial charge in [-0.15, -0.1) is 0 Å². The number of halogens is 3. The molecule has 0 aliphatic rings. The average molecular weight is 247 g/mol. The molecule has 2 atom stereocenters. The molecule has 17 heavy (non-hydrogen) atoms. The summed E-state index contributed by atoms with van der Waals surface area (Å²) in [5.74, 6) is -0.145. The smallest absolute Gasteiger partial charge is 0.367 e. The quantitative estimate of drug-likeness (QED) is 0.860. The highest BCUT2D eigenvalue weighted by Crippen LogP contribution is 2.33. The van der Waals surface area contributed by atoms with Gasteiger partial charge in [-0.2, -0.15) is 13.2 Å². The van der Waals surface area contributed by atoms with E-state index >= 15 is 0 Å². The van der Waals surface area contributed by atoms with Crippen molar-refractivity contribution in [1.29, 1.82) is 0 Å². The molecule has 1 rings (SSSR count). The van der Waals surface area contributed by atoms with Crippen LogP contribution in [-0.4, -0.2) is 17.1 Å².